The summed E-state index contributed by atoms with van der Waals surface area (Å²) in [5.74, 6) is 1.70. The maximum atomic E-state index is 6.34. The molecule has 1 aromatic heterocycles. The molecule has 0 aliphatic carbocycles. The van der Waals surface area contributed by atoms with Gasteiger partial charge in [-0.2, -0.15) is 0 Å². The second-order valence-corrected chi connectivity index (χ2v) is 8.93. The predicted octanol–water partition coefficient (Wildman–Crippen LogP) is 3.54. The van der Waals surface area contributed by atoms with Crippen LogP contribution in [0.2, 0.25) is 5.02 Å². The van der Waals surface area contributed by atoms with Crippen molar-refractivity contribution in [3.63, 3.8) is 0 Å². The number of nitrogens with one attached hydrogen (secondary N) is 2. The first-order valence-corrected chi connectivity index (χ1v) is 11.5. The summed E-state index contributed by atoms with van der Waals surface area (Å²) in [6, 6.07) is 12.8. The van der Waals surface area contributed by atoms with E-state index in [2.05, 4.69) is 56.7 Å². The summed E-state index contributed by atoms with van der Waals surface area (Å²) in [5, 5.41) is 7.92. The fraction of sp³-hybridized carbons (Fsp3) is 0.500. The maximum absolute atomic E-state index is 6.34. The average Bonchev–Trinajstić information content (AvgIpc) is 3.26. The Bertz CT molecular complexity index is 912. The molecule has 0 amide bonds. The summed E-state index contributed by atoms with van der Waals surface area (Å²) in [4.78, 5) is 11.2. The van der Waals surface area contributed by atoms with E-state index in [1.54, 1.807) is 6.20 Å². The summed E-state index contributed by atoms with van der Waals surface area (Å²) in [5.41, 5.74) is 2.82. The zero-order valence-electron chi connectivity index (χ0n) is 18.4. The lowest BCUT2D eigenvalue weighted by molar-refractivity contribution is 0.0511. The van der Waals surface area contributed by atoms with Crippen LogP contribution < -0.4 is 15.5 Å². The molecule has 2 aliphatic heterocycles. The SMILES string of the molecule is CN=C(NCC1(c2ccccc2C)CCOCC1)NC1CCN(c2ncccc2Cl)C1. The maximum Gasteiger partial charge on any atom is 0.191 e. The van der Waals surface area contributed by atoms with Gasteiger partial charge in [-0.1, -0.05) is 35.9 Å². The normalized spacial score (nSPS) is 21.2. The van der Waals surface area contributed by atoms with Crippen molar-refractivity contribution < 1.29 is 4.74 Å². The number of pyridine rings is 1. The quantitative estimate of drug-likeness (QED) is 0.549. The monoisotopic (exact) mass is 441 g/mol. The summed E-state index contributed by atoms with van der Waals surface area (Å²) in [7, 11) is 1.84. The number of guanidine groups is 1. The van der Waals surface area contributed by atoms with E-state index in [0.717, 1.165) is 63.9 Å². The van der Waals surface area contributed by atoms with E-state index in [1.807, 2.05) is 19.2 Å². The van der Waals surface area contributed by atoms with Gasteiger partial charge in [0, 0.05) is 57.5 Å². The third-order valence-corrected chi connectivity index (χ3v) is 6.85. The van der Waals surface area contributed by atoms with E-state index in [-0.39, 0.29) is 5.41 Å². The number of aliphatic imine (C=N–C) groups is 1. The Hall–Kier alpha value is -2.31. The van der Waals surface area contributed by atoms with Crippen LogP contribution in [0.15, 0.2) is 47.6 Å². The van der Waals surface area contributed by atoms with Gasteiger partial charge in [-0.05, 0) is 49.4 Å². The van der Waals surface area contributed by atoms with E-state index in [9.17, 15) is 0 Å². The summed E-state index contributed by atoms with van der Waals surface area (Å²) in [6.45, 7) is 6.41. The standard InChI is InChI=1S/C24H32ClN5O/c1-18-6-3-4-7-20(18)24(10-14-31-15-11-24)17-28-23(26-2)29-19-9-13-30(16-19)22-21(25)8-5-12-27-22/h3-8,12,19H,9-11,13-17H2,1-2H3,(H2,26,28,29). The van der Waals surface area contributed by atoms with Gasteiger partial charge in [-0.15, -0.1) is 0 Å². The molecule has 2 aromatic rings. The highest BCUT2D eigenvalue weighted by Gasteiger charge is 2.36. The number of rotatable bonds is 5. The number of halogens is 1. The third kappa shape index (κ3) is 4.96. The minimum atomic E-state index is 0.0599. The molecule has 2 aliphatic rings. The van der Waals surface area contributed by atoms with Crippen LogP contribution in [0, 0.1) is 6.92 Å². The number of hydrogen-bond acceptors (Lipinski definition) is 4. The van der Waals surface area contributed by atoms with Gasteiger partial charge >= 0.3 is 0 Å². The topological polar surface area (TPSA) is 61.8 Å². The molecule has 0 radical (unpaired) electrons. The second kappa shape index (κ2) is 9.88. The van der Waals surface area contributed by atoms with Gasteiger partial charge in [0.25, 0.3) is 0 Å². The highest BCUT2D eigenvalue weighted by Crippen LogP contribution is 2.36. The summed E-state index contributed by atoms with van der Waals surface area (Å²) >= 11 is 6.34. The largest absolute Gasteiger partial charge is 0.381 e. The molecule has 2 saturated heterocycles. The predicted molar refractivity (Wildman–Crippen MR) is 127 cm³/mol. The molecule has 1 aromatic carbocycles. The molecule has 0 bridgehead atoms. The lowest BCUT2D eigenvalue weighted by Crippen LogP contribution is -2.50. The molecule has 3 heterocycles. The lowest BCUT2D eigenvalue weighted by atomic mass is 9.72. The number of ether oxygens (including phenoxy) is 1. The Morgan fingerprint density at radius 2 is 2.06 bits per heavy atom. The van der Waals surface area contributed by atoms with E-state index < -0.39 is 0 Å². The molecule has 2 fully saturated rings. The van der Waals surface area contributed by atoms with Crippen LogP contribution in [0.4, 0.5) is 5.82 Å². The molecular weight excluding hydrogens is 410 g/mol. The van der Waals surface area contributed by atoms with Gasteiger partial charge in [0.05, 0.1) is 5.02 Å². The van der Waals surface area contributed by atoms with Crippen LogP contribution in [0.3, 0.4) is 0 Å². The van der Waals surface area contributed by atoms with Gasteiger partial charge in [0.2, 0.25) is 0 Å². The Morgan fingerprint density at radius 3 is 2.81 bits per heavy atom. The number of hydrogen-bond donors (Lipinski definition) is 2. The van der Waals surface area contributed by atoms with Crippen LogP contribution in [-0.4, -0.2) is 56.9 Å². The van der Waals surface area contributed by atoms with Gasteiger partial charge in [-0.3, -0.25) is 4.99 Å². The van der Waals surface area contributed by atoms with Crippen LogP contribution in [-0.2, 0) is 10.2 Å². The average molecular weight is 442 g/mol. The van der Waals surface area contributed by atoms with E-state index >= 15 is 0 Å². The molecule has 2 N–H and O–H groups in total. The van der Waals surface area contributed by atoms with Crippen molar-refractivity contribution in [2.24, 2.45) is 4.99 Å². The zero-order valence-corrected chi connectivity index (χ0v) is 19.2. The first-order chi connectivity index (χ1) is 15.1. The fourth-order valence-electron chi connectivity index (χ4n) is 4.79. The molecule has 0 saturated carbocycles. The Balaban J connectivity index is 1.40. The van der Waals surface area contributed by atoms with Crippen LogP contribution in [0.5, 0.6) is 0 Å². The molecular formula is C24H32ClN5O. The smallest absolute Gasteiger partial charge is 0.191 e. The van der Waals surface area contributed by atoms with Crippen molar-refractivity contribution >= 4 is 23.4 Å². The first-order valence-electron chi connectivity index (χ1n) is 11.1. The van der Waals surface area contributed by atoms with Gasteiger partial charge < -0.3 is 20.3 Å². The van der Waals surface area contributed by atoms with E-state index in [0.29, 0.717) is 11.1 Å². The van der Waals surface area contributed by atoms with Crippen molar-refractivity contribution in [1.82, 2.24) is 15.6 Å². The molecule has 1 atom stereocenters. The molecule has 1 unspecified atom stereocenters. The minimum Gasteiger partial charge on any atom is -0.381 e. The van der Waals surface area contributed by atoms with Crippen LogP contribution >= 0.6 is 11.6 Å². The zero-order chi connectivity index (χ0) is 21.7. The Kier molecular flexibility index (Phi) is 6.98. The van der Waals surface area contributed by atoms with E-state index in [1.165, 1.54) is 11.1 Å². The van der Waals surface area contributed by atoms with E-state index in [4.69, 9.17) is 16.3 Å². The Morgan fingerprint density at radius 1 is 1.26 bits per heavy atom. The third-order valence-electron chi connectivity index (χ3n) is 6.55. The summed E-state index contributed by atoms with van der Waals surface area (Å²) in [6.07, 6.45) is 4.83. The van der Waals surface area contributed by atoms with Crippen molar-refractivity contribution in [1.29, 1.82) is 0 Å². The number of anilines is 1. The number of aromatic nitrogens is 1. The highest BCUT2D eigenvalue weighted by molar-refractivity contribution is 6.32. The molecule has 166 valence electrons. The van der Waals surface area contributed by atoms with Gasteiger partial charge in [0.15, 0.2) is 5.96 Å². The second-order valence-electron chi connectivity index (χ2n) is 8.52. The molecule has 7 heteroatoms. The number of benzene rings is 1. The number of aryl methyl sites for hydroxylation is 1. The molecule has 4 rings (SSSR count). The molecule has 6 nitrogen and oxygen atoms in total. The fourth-order valence-corrected chi connectivity index (χ4v) is 5.03. The lowest BCUT2D eigenvalue weighted by Gasteiger charge is -2.39. The van der Waals surface area contributed by atoms with Crippen molar-refractivity contribution in [2.75, 3.05) is 44.8 Å². The molecule has 31 heavy (non-hydrogen) atoms. The number of nitrogens with zero attached hydrogens (tertiary/aromatic N) is 3. The van der Waals surface area contributed by atoms with Gasteiger partial charge in [-0.25, -0.2) is 4.98 Å². The van der Waals surface area contributed by atoms with Crippen LogP contribution in [0.1, 0.15) is 30.4 Å². The van der Waals surface area contributed by atoms with Gasteiger partial charge in [0.1, 0.15) is 5.82 Å². The Labute approximate surface area is 190 Å². The first kappa shape index (κ1) is 21.9. The minimum absolute atomic E-state index is 0.0599. The van der Waals surface area contributed by atoms with Crippen molar-refractivity contribution in [3.05, 3.63) is 58.7 Å². The molecule has 0 spiro atoms. The van der Waals surface area contributed by atoms with Crippen molar-refractivity contribution in [2.45, 2.75) is 37.6 Å². The van der Waals surface area contributed by atoms with Crippen molar-refractivity contribution in [3.8, 4) is 0 Å². The van der Waals surface area contributed by atoms with Crippen LogP contribution in [0.25, 0.3) is 0 Å². The highest BCUT2D eigenvalue weighted by atomic mass is 35.5. The summed E-state index contributed by atoms with van der Waals surface area (Å²) < 4.78 is 5.69.